The average molecular weight is 347 g/mol. The van der Waals surface area contributed by atoms with Gasteiger partial charge in [-0.3, -0.25) is 9.59 Å². The highest BCUT2D eigenvalue weighted by atomic mass is 35.5. The molecule has 0 spiro atoms. The number of carbonyl (C=O) groups is 2. The summed E-state index contributed by atoms with van der Waals surface area (Å²) in [6.45, 7) is 0.662. The number of hydrogen-bond acceptors (Lipinski definition) is 3. The van der Waals surface area contributed by atoms with Gasteiger partial charge in [0.1, 0.15) is 5.75 Å². The molecule has 0 fully saturated rings. The SMILES string of the molecule is COc1ccc(Cl)cc1C(=O)NCCNC(=O)Cc1ccccc1. The van der Waals surface area contributed by atoms with E-state index in [1.165, 1.54) is 7.11 Å². The van der Waals surface area contributed by atoms with Gasteiger partial charge in [-0.25, -0.2) is 0 Å². The normalized spacial score (nSPS) is 10.1. The Balaban J connectivity index is 1.77. The van der Waals surface area contributed by atoms with Crippen LogP contribution in [0.15, 0.2) is 48.5 Å². The summed E-state index contributed by atoms with van der Waals surface area (Å²) in [5, 5.41) is 5.95. The van der Waals surface area contributed by atoms with Crippen LogP contribution in [0, 0.1) is 0 Å². The molecule has 0 aliphatic rings. The zero-order valence-electron chi connectivity index (χ0n) is 13.3. The molecule has 2 amide bonds. The maximum absolute atomic E-state index is 12.1. The largest absolute Gasteiger partial charge is 0.496 e. The molecular weight excluding hydrogens is 328 g/mol. The van der Waals surface area contributed by atoms with Gasteiger partial charge >= 0.3 is 0 Å². The summed E-state index contributed by atoms with van der Waals surface area (Å²) in [5.41, 5.74) is 1.31. The molecule has 0 aliphatic carbocycles. The Labute approximate surface area is 146 Å². The predicted octanol–water partition coefficient (Wildman–Crippen LogP) is 2.44. The molecule has 0 atom stereocenters. The molecule has 2 N–H and O–H groups in total. The van der Waals surface area contributed by atoms with Gasteiger partial charge in [0.15, 0.2) is 0 Å². The average Bonchev–Trinajstić information content (AvgIpc) is 2.59. The lowest BCUT2D eigenvalue weighted by atomic mass is 10.1. The first-order valence-electron chi connectivity index (χ1n) is 7.52. The molecule has 2 aromatic carbocycles. The van der Waals surface area contributed by atoms with Gasteiger partial charge < -0.3 is 15.4 Å². The number of methoxy groups -OCH3 is 1. The topological polar surface area (TPSA) is 67.4 Å². The minimum Gasteiger partial charge on any atom is -0.496 e. The van der Waals surface area contributed by atoms with Gasteiger partial charge in [0.25, 0.3) is 5.91 Å². The third-order valence-corrected chi connectivity index (χ3v) is 3.58. The molecule has 0 saturated carbocycles. The van der Waals surface area contributed by atoms with E-state index in [0.717, 1.165) is 5.56 Å². The number of carbonyl (C=O) groups excluding carboxylic acids is 2. The van der Waals surface area contributed by atoms with E-state index in [-0.39, 0.29) is 11.8 Å². The number of halogens is 1. The van der Waals surface area contributed by atoms with E-state index in [2.05, 4.69) is 10.6 Å². The predicted molar refractivity (Wildman–Crippen MR) is 93.5 cm³/mol. The fraction of sp³-hybridized carbons (Fsp3) is 0.222. The van der Waals surface area contributed by atoms with E-state index in [9.17, 15) is 9.59 Å². The number of nitrogens with one attached hydrogen (secondary N) is 2. The van der Waals surface area contributed by atoms with E-state index >= 15 is 0 Å². The van der Waals surface area contributed by atoms with E-state index in [1.54, 1.807) is 18.2 Å². The van der Waals surface area contributed by atoms with Crippen LogP contribution in [0.3, 0.4) is 0 Å². The minimum atomic E-state index is -0.299. The number of ether oxygens (including phenoxy) is 1. The van der Waals surface area contributed by atoms with Crippen molar-refractivity contribution in [2.24, 2.45) is 0 Å². The molecule has 0 bridgehead atoms. The van der Waals surface area contributed by atoms with Crippen molar-refractivity contribution in [2.45, 2.75) is 6.42 Å². The van der Waals surface area contributed by atoms with Gasteiger partial charge in [-0.15, -0.1) is 0 Å². The lowest BCUT2D eigenvalue weighted by Crippen LogP contribution is -2.35. The van der Waals surface area contributed by atoms with Crippen molar-refractivity contribution in [1.29, 1.82) is 0 Å². The van der Waals surface area contributed by atoms with Crippen molar-refractivity contribution in [2.75, 3.05) is 20.2 Å². The zero-order chi connectivity index (χ0) is 17.4. The molecular formula is C18H19ClN2O3. The second-order valence-corrected chi connectivity index (χ2v) is 5.55. The van der Waals surface area contributed by atoms with Crippen molar-refractivity contribution >= 4 is 23.4 Å². The monoisotopic (exact) mass is 346 g/mol. The Morgan fingerprint density at radius 1 is 1.04 bits per heavy atom. The van der Waals surface area contributed by atoms with Crippen molar-refractivity contribution in [3.63, 3.8) is 0 Å². The quantitative estimate of drug-likeness (QED) is 0.757. The molecule has 24 heavy (non-hydrogen) atoms. The van der Waals surface area contributed by atoms with Crippen LogP contribution in [0.25, 0.3) is 0 Å². The Morgan fingerprint density at radius 2 is 1.75 bits per heavy atom. The standard InChI is InChI=1S/C18H19ClN2O3/c1-24-16-8-7-14(19)12-15(16)18(23)21-10-9-20-17(22)11-13-5-3-2-4-6-13/h2-8,12H,9-11H2,1H3,(H,20,22)(H,21,23). The molecule has 0 saturated heterocycles. The van der Waals surface area contributed by atoms with Gasteiger partial charge in [-0.1, -0.05) is 41.9 Å². The number of amides is 2. The maximum Gasteiger partial charge on any atom is 0.255 e. The van der Waals surface area contributed by atoms with Crippen LogP contribution >= 0.6 is 11.6 Å². The number of hydrogen-bond donors (Lipinski definition) is 2. The van der Waals surface area contributed by atoms with Gasteiger partial charge in [-0.2, -0.15) is 0 Å². The van der Waals surface area contributed by atoms with Gasteiger partial charge in [0.2, 0.25) is 5.91 Å². The van der Waals surface area contributed by atoms with E-state index in [0.29, 0.717) is 35.8 Å². The second kappa shape index (κ2) is 8.93. The fourth-order valence-electron chi connectivity index (χ4n) is 2.17. The molecule has 0 heterocycles. The Bertz CT molecular complexity index is 705. The minimum absolute atomic E-state index is 0.0872. The van der Waals surface area contributed by atoms with E-state index < -0.39 is 0 Å². The Hall–Kier alpha value is -2.53. The molecule has 0 unspecified atom stereocenters. The van der Waals surface area contributed by atoms with Gasteiger partial charge in [-0.05, 0) is 23.8 Å². The third-order valence-electron chi connectivity index (χ3n) is 3.35. The van der Waals surface area contributed by atoms with Crippen LogP contribution in [0.1, 0.15) is 15.9 Å². The first-order valence-corrected chi connectivity index (χ1v) is 7.90. The highest BCUT2D eigenvalue weighted by Gasteiger charge is 2.12. The summed E-state index contributed by atoms with van der Waals surface area (Å²) in [6, 6.07) is 14.3. The summed E-state index contributed by atoms with van der Waals surface area (Å²) in [7, 11) is 1.49. The molecule has 5 nitrogen and oxygen atoms in total. The first-order chi connectivity index (χ1) is 11.6. The lowest BCUT2D eigenvalue weighted by Gasteiger charge is -2.10. The summed E-state index contributed by atoms with van der Waals surface area (Å²) >= 11 is 5.91. The number of rotatable bonds is 7. The summed E-state index contributed by atoms with van der Waals surface area (Å²) in [6.07, 6.45) is 0.316. The Morgan fingerprint density at radius 3 is 2.46 bits per heavy atom. The van der Waals surface area contributed by atoms with Crippen LogP contribution in [0.2, 0.25) is 5.02 Å². The molecule has 2 aromatic rings. The molecule has 126 valence electrons. The van der Waals surface area contributed by atoms with Crippen LogP contribution in [0.5, 0.6) is 5.75 Å². The molecule has 6 heteroatoms. The maximum atomic E-state index is 12.1. The van der Waals surface area contributed by atoms with Crippen molar-refractivity contribution in [3.8, 4) is 5.75 Å². The van der Waals surface area contributed by atoms with Gasteiger partial charge in [0.05, 0.1) is 19.1 Å². The van der Waals surface area contributed by atoms with Crippen molar-refractivity contribution in [3.05, 3.63) is 64.7 Å². The summed E-state index contributed by atoms with van der Waals surface area (Å²) in [4.78, 5) is 24.0. The molecule has 2 rings (SSSR count). The van der Waals surface area contributed by atoms with Crippen LogP contribution in [-0.4, -0.2) is 32.0 Å². The third kappa shape index (κ3) is 5.28. The Kier molecular flexibility index (Phi) is 6.63. The van der Waals surface area contributed by atoms with Crippen LogP contribution in [0.4, 0.5) is 0 Å². The zero-order valence-corrected chi connectivity index (χ0v) is 14.1. The molecule has 0 aliphatic heterocycles. The molecule has 0 aromatic heterocycles. The highest BCUT2D eigenvalue weighted by molar-refractivity contribution is 6.31. The summed E-state index contributed by atoms with van der Waals surface area (Å²) < 4.78 is 5.14. The second-order valence-electron chi connectivity index (χ2n) is 5.11. The van der Waals surface area contributed by atoms with E-state index in [4.69, 9.17) is 16.3 Å². The fourth-order valence-corrected chi connectivity index (χ4v) is 2.35. The van der Waals surface area contributed by atoms with Crippen molar-refractivity contribution in [1.82, 2.24) is 10.6 Å². The lowest BCUT2D eigenvalue weighted by molar-refractivity contribution is -0.120. The van der Waals surface area contributed by atoms with E-state index in [1.807, 2.05) is 30.3 Å². The van der Waals surface area contributed by atoms with Crippen LogP contribution in [-0.2, 0) is 11.2 Å². The number of benzene rings is 2. The molecule has 0 radical (unpaired) electrons. The smallest absolute Gasteiger partial charge is 0.255 e. The van der Waals surface area contributed by atoms with Gasteiger partial charge in [0, 0.05) is 18.1 Å². The first kappa shape index (κ1) is 17.8. The summed E-state index contributed by atoms with van der Waals surface area (Å²) in [5.74, 6) is 0.0625. The highest BCUT2D eigenvalue weighted by Crippen LogP contribution is 2.22. The van der Waals surface area contributed by atoms with Crippen LogP contribution < -0.4 is 15.4 Å². The van der Waals surface area contributed by atoms with Crippen molar-refractivity contribution < 1.29 is 14.3 Å².